The number of nitrogens with one attached hydrogen (secondary N) is 2. The van der Waals surface area contributed by atoms with Crippen LogP contribution in [0.5, 0.6) is 5.75 Å². The number of hydrogen-bond donors (Lipinski definition) is 2. The lowest BCUT2D eigenvalue weighted by atomic mass is 10.1. The fourth-order valence-corrected chi connectivity index (χ4v) is 2.48. The average molecular weight is 398 g/mol. The molecule has 2 aromatic rings. The maximum atomic E-state index is 11.9. The Kier molecular flexibility index (Phi) is 8.69. The predicted molar refractivity (Wildman–Crippen MR) is 111 cm³/mol. The summed E-state index contributed by atoms with van der Waals surface area (Å²) in [5, 5.41) is 5.35. The van der Waals surface area contributed by atoms with Gasteiger partial charge in [0.2, 0.25) is 5.91 Å². The van der Waals surface area contributed by atoms with Crippen molar-refractivity contribution in [2.24, 2.45) is 0 Å². The Bertz CT molecular complexity index is 816. The fourth-order valence-electron chi connectivity index (χ4n) is 2.48. The minimum absolute atomic E-state index is 0.0356. The van der Waals surface area contributed by atoms with Gasteiger partial charge in [-0.05, 0) is 55.3 Å². The van der Waals surface area contributed by atoms with E-state index in [2.05, 4.69) is 10.6 Å². The number of rotatable bonds is 10. The molecule has 154 valence electrons. The van der Waals surface area contributed by atoms with Crippen LogP contribution in [0.25, 0.3) is 0 Å². The molecule has 0 aliphatic rings. The highest BCUT2D eigenvalue weighted by Gasteiger charge is 2.11. The van der Waals surface area contributed by atoms with Crippen LogP contribution in [0.1, 0.15) is 32.3 Å². The van der Waals surface area contributed by atoms with Crippen molar-refractivity contribution >= 4 is 29.2 Å². The molecule has 0 radical (unpaired) electrons. The SMILES string of the molecule is CCOc1ccc(NC(=O)CCC(=O)OCC(=O)Nc2ccc(CC)cc2)cc1. The summed E-state index contributed by atoms with van der Waals surface area (Å²) >= 11 is 0. The van der Waals surface area contributed by atoms with Gasteiger partial charge < -0.3 is 20.1 Å². The van der Waals surface area contributed by atoms with Crippen molar-refractivity contribution < 1.29 is 23.9 Å². The van der Waals surface area contributed by atoms with E-state index in [4.69, 9.17) is 9.47 Å². The minimum atomic E-state index is -0.608. The number of aryl methyl sites for hydroxylation is 1. The maximum absolute atomic E-state index is 11.9. The number of ether oxygens (including phenoxy) is 2. The third-order valence-corrected chi connectivity index (χ3v) is 4.02. The van der Waals surface area contributed by atoms with Gasteiger partial charge >= 0.3 is 5.97 Å². The van der Waals surface area contributed by atoms with Crippen LogP contribution in [0.2, 0.25) is 0 Å². The first-order chi connectivity index (χ1) is 14.0. The smallest absolute Gasteiger partial charge is 0.306 e. The van der Waals surface area contributed by atoms with Gasteiger partial charge in [-0.15, -0.1) is 0 Å². The highest BCUT2D eigenvalue weighted by atomic mass is 16.5. The zero-order chi connectivity index (χ0) is 21.1. The van der Waals surface area contributed by atoms with Crippen LogP contribution in [0, 0.1) is 0 Å². The van der Waals surface area contributed by atoms with Crippen molar-refractivity contribution in [3.63, 3.8) is 0 Å². The number of carbonyl (C=O) groups excluding carboxylic acids is 3. The topological polar surface area (TPSA) is 93.7 Å². The van der Waals surface area contributed by atoms with Crippen LogP contribution in [-0.4, -0.2) is 31.0 Å². The monoisotopic (exact) mass is 398 g/mol. The summed E-state index contributed by atoms with van der Waals surface area (Å²) < 4.78 is 10.2. The number of anilines is 2. The van der Waals surface area contributed by atoms with Gasteiger partial charge in [-0.1, -0.05) is 19.1 Å². The molecule has 0 aromatic heterocycles. The lowest BCUT2D eigenvalue weighted by Gasteiger charge is -2.08. The number of amides is 2. The standard InChI is InChI=1S/C22H26N2O5/c1-3-16-5-7-17(8-6-16)24-21(26)15-29-22(27)14-13-20(25)23-18-9-11-19(12-10-18)28-4-2/h5-12H,3-4,13-15H2,1-2H3,(H,23,25)(H,24,26). The van der Waals surface area contributed by atoms with E-state index >= 15 is 0 Å². The fraction of sp³-hybridized carbons (Fsp3) is 0.318. The molecule has 0 saturated heterocycles. The summed E-state index contributed by atoms with van der Waals surface area (Å²) in [7, 11) is 0. The van der Waals surface area contributed by atoms with Gasteiger partial charge in [0.25, 0.3) is 5.91 Å². The Morgan fingerprint density at radius 3 is 1.97 bits per heavy atom. The summed E-state index contributed by atoms with van der Waals surface area (Å²) in [5.41, 5.74) is 2.41. The van der Waals surface area contributed by atoms with Gasteiger partial charge in [0.1, 0.15) is 5.75 Å². The van der Waals surface area contributed by atoms with Crippen molar-refractivity contribution in [2.45, 2.75) is 33.1 Å². The molecule has 2 N–H and O–H groups in total. The Labute approximate surface area is 170 Å². The summed E-state index contributed by atoms with van der Waals surface area (Å²) in [6.07, 6.45) is 0.769. The molecule has 0 fully saturated rings. The van der Waals surface area contributed by atoms with E-state index < -0.39 is 18.5 Å². The first-order valence-corrected chi connectivity index (χ1v) is 9.57. The van der Waals surface area contributed by atoms with Crippen molar-refractivity contribution in [3.8, 4) is 5.75 Å². The molecule has 2 rings (SSSR count). The molecule has 0 atom stereocenters. The van der Waals surface area contributed by atoms with Crippen LogP contribution < -0.4 is 15.4 Å². The average Bonchev–Trinajstić information content (AvgIpc) is 2.73. The lowest BCUT2D eigenvalue weighted by molar-refractivity contribution is -0.147. The Morgan fingerprint density at radius 2 is 1.38 bits per heavy atom. The molecule has 7 nitrogen and oxygen atoms in total. The zero-order valence-corrected chi connectivity index (χ0v) is 16.7. The molecule has 2 amide bonds. The molecule has 2 aromatic carbocycles. The van der Waals surface area contributed by atoms with Gasteiger partial charge in [0.15, 0.2) is 6.61 Å². The summed E-state index contributed by atoms with van der Waals surface area (Å²) in [4.78, 5) is 35.5. The van der Waals surface area contributed by atoms with E-state index in [9.17, 15) is 14.4 Å². The molecule has 0 aliphatic carbocycles. The van der Waals surface area contributed by atoms with Gasteiger partial charge in [-0.2, -0.15) is 0 Å². The number of hydrogen-bond acceptors (Lipinski definition) is 5. The van der Waals surface area contributed by atoms with Crippen molar-refractivity contribution in [1.82, 2.24) is 0 Å². The molecule has 0 heterocycles. The Hall–Kier alpha value is -3.35. The first kappa shape index (κ1) is 21.9. The zero-order valence-electron chi connectivity index (χ0n) is 16.7. The first-order valence-electron chi connectivity index (χ1n) is 9.57. The van der Waals surface area contributed by atoms with E-state index in [0.29, 0.717) is 23.7 Å². The quantitative estimate of drug-likeness (QED) is 0.597. The third kappa shape index (κ3) is 8.04. The minimum Gasteiger partial charge on any atom is -0.494 e. The molecular formula is C22H26N2O5. The number of benzene rings is 2. The highest BCUT2D eigenvalue weighted by molar-refractivity contribution is 5.94. The van der Waals surface area contributed by atoms with E-state index in [-0.39, 0.29) is 18.7 Å². The normalized spacial score (nSPS) is 10.1. The molecule has 29 heavy (non-hydrogen) atoms. The summed E-state index contributed by atoms with van der Waals surface area (Å²) in [6.45, 7) is 4.11. The molecule has 7 heteroatoms. The summed E-state index contributed by atoms with van der Waals surface area (Å²) in [5.74, 6) is -0.634. The second kappa shape index (κ2) is 11.5. The van der Waals surface area contributed by atoms with Gasteiger partial charge in [0.05, 0.1) is 13.0 Å². The molecule has 0 bridgehead atoms. The van der Waals surface area contributed by atoms with Crippen LogP contribution in [-0.2, 0) is 25.5 Å². The van der Waals surface area contributed by atoms with E-state index in [1.54, 1.807) is 36.4 Å². The molecule has 0 unspecified atom stereocenters. The second-order valence-electron chi connectivity index (χ2n) is 6.26. The third-order valence-electron chi connectivity index (χ3n) is 4.02. The molecule has 0 aliphatic heterocycles. The number of carbonyl (C=O) groups is 3. The molecular weight excluding hydrogens is 372 g/mol. The van der Waals surface area contributed by atoms with Crippen molar-refractivity contribution in [1.29, 1.82) is 0 Å². The number of esters is 1. The van der Waals surface area contributed by atoms with E-state index in [1.165, 1.54) is 0 Å². The van der Waals surface area contributed by atoms with Crippen LogP contribution in [0.15, 0.2) is 48.5 Å². The van der Waals surface area contributed by atoms with Crippen LogP contribution >= 0.6 is 0 Å². The Morgan fingerprint density at radius 1 is 0.793 bits per heavy atom. The van der Waals surface area contributed by atoms with Crippen molar-refractivity contribution in [2.75, 3.05) is 23.8 Å². The van der Waals surface area contributed by atoms with Gasteiger partial charge in [0, 0.05) is 17.8 Å². The highest BCUT2D eigenvalue weighted by Crippen LogP contribution is 2.16. The molecule has 0 spiro atoms. The Balaban J connectivity index is 1.66. The van der Waals surface area contributed by atoms with Crippen LogP contribution in [0.3, 0.4) is 0 Å². The summed E-state index contributed by atoms with van der Waals surface area (Å²) in [6, 6.07) is 14.4. The van der Waals surface area contributed by atoms with E-state index in [0.717, 1.165) is 12.0 Å². The van der Waals surface area contributed by atoms with Gasteiger partial charge in [-0.25, -0.2) is 0 Å². The second-order valence-corrected chi connectivity index (χ2v) is 6.26. The van der Waals surface area contributed by atoms with Crippen molar-refractivity contribution in [3.05, 3.63) is 54.1 Å². The molecule has 0 saturated carbocycles. The van der Waals surface area contributed by atoms with E-state index in [1.807, 2.05) is 26.0 Å². The predicted octanol–water partition coefficient (Wildman–Crippen LogP) is 3.55. The maximum Gasteiger partial charge on any atom is 0.306 e. The lowest BCUT2D eigenvalue weighted by Crippen LogP contribution is -2.21. The van der Waals surface area contributed by atoms with Crippen LogP contribution in [0.4, 0.5) is 11.4 Å². The largest absolute Gasteiger partial charge is 0.494 e. The van der Waals surface area contributed by atoms with Gasteiger partial charge in [-0.3, -0.25) is 14.4 Å².